The third kappa shape index (κ3) is 7.41. The topological polar surface area (TPSA) is 162 Å². The highest BCUT2D eigenvalue weighted by atomic mass is 16.2. The van der Waals surface area contributed by atoms with E-state index in [4.69, 9.17) is 4.98 Å². The van der Waals surface area contributed by atoms with Crippen LogP contribution in [0.4, 0.5) is 22.4 Å². The molecule has 4 heterocycles. The average Bonchev–Trinajstić information content (AvgIpc) is 3.54. The van der Waals surface area contributed by atoms with Crippen LogP contribution in [0.3, 0.4) is 0 Å². The Balaban J connectivity index is 1.13. The molecular weight excluding hydrogens is 580 g/mol. The number of carbonyl (C=O) groups excluding carboxylic acids is 1. The summed E-state index contributed by atoms with van der Waals surface area (Å²) in [5.41, 5.74) is 4.00. The number of benzene rings is 1. The Morgan fingerprint density at radius 1 is 0.978 bits per heavy atom. The van der Waals surface area contributed by atoms with E-state index in [1.807, 2.05) is 61.8 Å². The molecule has 0 aliphatic heterocycles. The second-order valence-electron chi connectivity index (χ2n) is 11.1. The van der Waals surface area contributed by atoms with Gasteiger partial charge in [0.2, 0.25) is 5.95 Å². The maximum Gasteiger partial charge on any atom is 0.323 e. The normalized spacial score (nSPS) is 15.8. The summed E-state index contributed by atoms with van der Waals surface area (Å²) in [5, 5.41) is 31.5. The van der Waals surface area contributed by atoms with E-state index < -0.39 is 0 Å². The van der Waals surface area contributed by atoms with Gasteiger partial charge in [-0.1, -0.05) is 30.3 Å². The molecule has 1 fully saturated rings. The van der Waals surface area contributed by atoms with Gasteiger partial charge in [0.05, 0.1) is 24.6 Å². The summed E-state index contributed by atoms with van der Waals surface area (Å²) in [6.45, 7) is 0.799. The highest BCUT2D eigenvalue weighted by Crippen LogP contribution is 2.30. The van der Waals surface area contributed by atoms with E-state index in [0.29, 0.717) is 36.2 Å². The number of aryl methyl sites for hydroxylation is 1. The van der Waals surface area contributed by atoms with Crippen molar-refractivity contribution in [3.8, 4) is 17.2 Å². The Bertz CT molecular complexity index is 1780. The zero-order chi connectivity index (χ0) is 31.7. The molecule has 5 aromatic rings. The first-order valence-electron chi connectivity index (χ1n) is 15.2. The minimum absolute atomic E-state index is 0.0448. The molecule has 1 aliphatic rings. The van der Waals surface area contributed by atoms with Gasteiger partial charge in [-0.3, -0.25) is 9.58 Å². The van der Waals surface area contributed by atoms with E-state index in [9.17, 15) is 10.1 Å². The SMILES string of the molecule is Cn1cc(-c2ccc(N(C(=O)NCc3ccccc3)[C@H]3CC[C@H](Nc4ncc(C#N)c(NCc5cccnn5)n4)CC3)nc2)cn1. The Labute approximate surface area is 266 Å². The van der Waals surface area contributed by atoms with Crippen LogP contribution >= 0.6 is 0 Å². The molecule has 0 bridgehead atoms. The van der Waals surface area contributed by atoms with Gasteiger partial charge in [0.25, 0.3) is 0 Å². The molecule has 0 saturated heterocycles. The molecule has 0 radical (unpaired) electrons. The van der Waals surface area contributed by atoms with Crippen molar-refractivity contribution in [1.29, 1.82) is 5.26 Å². The molecule has 13 nitrogen and oxygen atoms in total. The van der Waals surface area contributed by atoms with E-state index in [2.05, 4.69) is 47.3 Å². The third-order valence-electron chi connectivity index (χ3n) is 7.91. The van der Waals surface area contributed by atoms with E-state index in [1.165, 1.54) is 6.20 Å². The molecule has 6 rings (SSSR count). The minimum Gasteiger partial charge on any atom is -0.363 e. The number of hydrogen-bond acceptors (Lipinski definition) is 10. The number of amides is 2. The van der Waals surface area contributed by atoms with Crippen LogP contribution < -0.4 is 20.9 Å². The van der Waals surface area contributed by atoms with Crippen molar-refractivity contribution >= 4 is 23.6 Å². The van der Waals surface area contributed by atoms with Gasteiger partial charge in [-0.15, -0.1) is 0 Å². The van der Waals surface area contributed by atoms with Crippen LogP contribution in [0.1, 0.15) is 42.5 Å². The molecule has 46 heavy (non-hydrogen) atoms. The average molecular weight is 615 g/mol. The molecule has 1 saturated carbocycles. The van der Waals surface area contributed by atoms with Crippen molar-refractivity contribution in [2.75, 3.05) is 15.5 Å². The molecule has 1 aromatic carbocycles. The van der Waals surface area contributed by atoms with E-state index in [-0.39, 0.29) is 18.1 Å². The summed E-state index contributed by atoms with van der Waals surface area (Å²) in [4.78, 5) is 29.2. The number of pyridine rings is 1. The van der Waals surface area contributed by atoms with Gasteiger partial charge in [0.15, 0.2) is 0 Å². The van der Waals surface area contributed by atoms with Crippen LogP contribution in [-0.4, -0.2) is 53.0 Å². The van der Waals surface area contributed by atoms with Crippen LogP contribution in [0.25, 0.3) is 11.1 Å². The van der Waals surface area contributed by atoms with Crippen LogP contribution in [0, 0.1) is 11.3 Å². The standard InChI is InChI=1S/C33H34N12O/c1-44-22-26(20-40-44)24-9-14-30(35-18-24)45(33(46)38-17-23-6-3-2-4-7-23)29-12-10-27(11-13-29)41-32-37-19-25(16-34)31(42-32)36-21-28-8-5-15-39-43-28/h2-9,14-15,18-20,22,27,29H,10-13,17,21H2,1H3,(H,38,46)(H2,36,37,41,42)/t27-,29-. The third-order valence-corrected chi connectivity index (χ3v) is 7.91. The summed E-state index contributed by atoms with van der Waals surface area (Å²) in [5.74, 6) is 1.47. The minimum atomic E-state index is -0.184. The molecule has 232 valence electrons. The van der Waals surface area contributed by atoms with Gasteiger partial charge >= 0.3 is 6.03 Å². The molecule has 0 atom stereocenters. The number of nitrogens with one attached hydrogen (secondary N) is 3. The molecule has 3 N–H and O–H groups in total. The van der Waals surface area contributed by atoms with E-state index in [0.717, 1.165) is 48.1 Å². The molecule has 13 heteroatoms. The number of rotatable bonds is 10. The maximum absolute atomic E-state index is 13.7. The predicted molar refractivity (Wildman–Crippen MR) is 173 cm³/mol. The first-order valence-corrected chi connectivity index (χ1v) is 15.2. The van der Waals surface area contributed by atoms with E-state index >= 15 is 0 Å². The van der Waals surface area contributed by atoms with Gasteiger partial charge in [-0.05, 0) is 55.5 Å². The maximum atomic E-state index is 13.7. The molecule has 4 aromatic heterocycles. The van der Waals surface area contributed by atoms with Crippen LogP contribution in [0.2, 0.25) is 0 Å². The van der Waals surface area contributed by atoms with Crippen molar-refractivity contribution in [1.82, 2.24) is 40.2 Å². The largest absolute Gasteiger partial charge is 0.363 e. The van der Waals surface area contributed by atoms with E-state index in [1.54, 1.807) is 34.2 Å². The monoisotopic (exact) mass is 614 g/mol. The summed E-state index contributed by atoms with van der Waals surface area (Å²) in [6.07, 6.45) is 11.8. The Kier molecular flexibility index (Phi) is 9.34. The second-order valence-corrected chi connectivity index (χ2v) is 11.1. The quantitative estimate of drug-likeness (QED) is 0.201. The summed E-state index contributed by atoms with van der Waals surface area (Å²) >= 11 is 0. The fourth-order valence-electron chi connectivity index (χ4n) is 5.52. The fourth-order valence-corrected chi connectivity index (χ4v) is 5.52. The number of carbonyl (C=O) groups is 1. The number of urea groups is 1. The van der Waals surface area contributed by atoms with Crippen molar-refractivity contribution < 1.29 is 4.79 Å². The Hall–Kier alpha value is -5.90. The number of aromatic nitrogens is 7. The molecule has 2 amide bonds. The molecular formula is C33H34N12O. The summed E-state index contributed by atoms with van der Waals surface area (Å²) in [6, 6.07) is 19.4. The van der Waals surface area contributed by atoms with Crippen LogP contribution in [0.5, 0.6) is 0 Å². The van der Waals surface area contributed by atoms with Crippen LogP contribution in [-0.2, 0) is 20.1 Å². The van der Waals surface area contributed by atoms with Crippen molar-refractivity contribution in [2.45, 2.75) is 50.9 Å². The smallest absolute Gasteiger partial charge is 0.323 e. The van der Waals surface area contributed by atoms with Gasteiger partial charge in [-0.25, -0.2) is 14.8 Å². The second kappa shape index (κ2) is 14.3. The van der Waals surface area contributed by atoms with Crippen LogP contribution in [0.15, 0.2) is 85.6 Å². The van der Waals surface area contributed by atoms with Gasteiger partial charge < -0.3 is 16.0 Å². The number of anilines is 3. The zero-order valence-corrected chi connectivity index (χ0v) is 25.4. The lowest BCUT2D eigenvalue weighted by Crippen LogP contribution is -2.49. The van der Waals surface area contributed by atoms with Gasteiger partial charge in [-0.2, -0.15) is 25.5 Å². The molecule has 1 aliphatic carbocycles. The zero-order valence-electron chi connectivity index (χ0n) is 25.4. The highest BCUT2D eigenvalue weighted by molar-refractivity contribution is 5.91. The van der Waals surface area contributed by atoms with Crippen molar-refractivity contribution in [3.05, 3.63) is 102 Å². The predicted octanol–water partition coefficient (Wildman–Crippen LogP) is 4.69. The van der Waals surface area contributed by atoms with Crippen molar-refractivity contribution in [3.63, 3.8) is 0 Å². The summed E-state index contributed by atoms with van der Waals surface area (Å²) < 4.78 is 1.75. The van der Waals surface area contributed by atoms with Gasteiger partial charge in [0.1, 0.15) is 23.3 Å². The lowest BCUT2D eigenvalue weighted by Gasteiger charge is -2.36. The van der Waals surface area contributed by atoms with Crippen molar-refractivity contribution in [2.24, 2.45) is 7.05 Å². The lowest BCUT2D eigenvalue weighted by molar-refractivity contribution is 0.240. The van der Waals surface area contributed by atoms with Gasteiger partial charge in [0, 0.05) is 55.4 Å². The number of nitriles is 1. The Morgan fingerprint density at radius 2 is 1.83 bits per heavy atom. The molecule has 0 unspecified atom stereocenters. The summed E-state index contributed by atoms with van der Waals surface area (Å²) in [7, 11) is 1.88. The number of hydrogen-bond donors (Lipinski definition) is 3. The lowest BCUT2D eigenvalue weighted by atomic mass is 9.90. The first kappa shape index (κ1) is 30.1. The number of nitrogens with zero attached hydrogens (tertiary/aromatic N) is 9. The Morgan fingerprint density at radius 3 is 2.52 bits per heavy atom. The highest BCUT2D eigenvalue weighted by Gasteiger charge is 2.31. The first-order chi connectivity index (χ1) is 22.6. The fraction of sp³-hybridized carbons (Fsp3) is 0.273. The molecule has 0 spiro atoms.